The standard InChI is InChI=1S/C24H20F3N5O4.C3H6/c1-36-20-6-5-15(24(25,26)27)12-18(20)30-22(33)29-17-3-2-4-19-16(17)8-10-32(19)13-14-7-9-28-21(11-14)31-23(34)35;1-2-3-1/h2-12H,13H2,1H3,(H,28,31)(H,34,35)(H2,29,30,33);1-3H2. The number of methoxy groups -OCH3 is 1. The highest BCUT2D eigenvalue weighted by atomic mass is 19.4. The van der Waals surface area contributed by atoms with Crippen LogP contribution in [0.2, 0.25) is 0 Å². The topological polar surface area (TPSA) is 118 Å². The van der Waals surface area contributed by atoms with E-state index in [1.807, 2.05) is 10.6 Å². The lowest BCUT2D eigenvalue weighted by atomic mass is 10.1. The fraction of sp³-hybridized carbons (Fsp3) is 0.222. The number of benzene rings is 2. The predicted octanol–water partition coefficient (Wildman–Crippen LogP) is 7.02. The molecule has 0 spiro atoms. The molecule has 0 unspecified atom stereocenters. The molecule has 5 rings (SSSR count). The van der Waals surface area contributed by atoms with Crippen LogP contribution in [-0.2, 0) is 12.7 Å². The summed E-state index contributed by atoms with van der Waals surface area (Å²) in [6.07, 6.45) is 2.00. The molecule has 12 heteroatoms. The van der Waals surface area contributed by atoms with Gasteiger partial charge in [0.15, 0.2) is 0 Å². The van der Waals surface area contributed by atoms with Gasteiger partial charge < -0.3 is 25.0 Å². The highest BCUT2D eigenvalue weighted by molar-refractivity contribution is 6.06. The number of fused-ring (bicyclic) bond motifs is 1. The number of urea groups is 1. The minimum Gasteiger partial charge on any atom is -0.495 e. The maximum absolute atomic E-state index is 13.1. The number of alkyl halides is 3. The summed E-state index contributed by atoms with van der Waals surface area (Å²) in [5, 5.41) is 16.9. The maximum atomic E-state index is 13.1. The summed E-state index contributed by atoms with van der Waals surface area (Å²) in [6, 6.07) is 12.4. The molecular weight excluding hydrogens is 515 g/mol. The predicted molar refractivity (Wildman–Crippen MR) is 141 cm³/mol. The number of pyridine rings is 1. The summed E-state index contributed by atoms with van der Waals surface area (Å²) in [6.45, 7) is 0.400. The molecule has 1 saturated carbocycles. The van der Waals surface area contributed by atoms with Gasteiger partial charge in [0.1, 0.15) is 11.6 Å². The van der Waals surface area contributed by atoms with E-state index in [1.54, 1.807) is 36.5 Å². The highest BCUT2D eigenvalue weighted by Crippen LogP contribution is 2.35. The lowest BCUT2D eigenvalue weighted by Crippen LogP contribution is -2.20. The molecule has 2 aromatic heterocycles. The maximum Gasteiger partial charge on any atom is 0.416 e. The largest absolute Gasteiger partial charge is 0.495 e. The Morgan fingerprint density at radius 1 is 1.00 bits per heavy atom. The van der Waals surface area contributed by atoms with E-state index in [0.29, 0.717) is 17.6 Å². The van der Waals surface area contributed by atoms with Crippen LogP contribution < -0.4 is 20.7 Å². The Hall–Kier alpha value is -4.74. The molecule has 4 aromatic rings. The summed E-state index contributed by atoms with van der Waals surface area (Å²) < 4.78 is 46.2. The van der Waals surface area contributed by atoms with Crippen molar-refractivity contribution in [3.8, 4) is 5.75 Å². The van der Waals surface area contributed by atoms with Gasteiger partial charge >= 0.3 is 18.3 Å². The van der Waals surface area contributed by atoms with Crippen LogP contribution >= 0.6 is 0 Å². The molecule has 1 aliphatic rings. The molecule has 0 atom stereocenters. The molecule has 2 heterocycles. The number of ether oxygens (including phenoxy) is 1. The summed E-state index contributed by atoms with van der Waals surface area (Å²) in [5.41, 5.74) is 0.958. The van der Waals surface area contributed by atoms with Crippen LogP contribution in [0.5, 0.6) is 5.75 Å². The zero-order chi connectivity index (χ0) is 28.0. The van der Waals surface area contributed by atoms with Crippen LogP contribution in [0.4, 0.5) is 40.0 Å². The summed E-state index contributed by atoms with van der Waals surface area (Å²) >= 11 is 0. The average molecular weight is 542 g/mol. The van der Waals surface area contributed by atoms with Crippen molar-refractivity contribution in [2.75, 3.05) is 23.1 Å². The molecule has 1 fully saturated rings. The molecule has 0 radical (unpaired) electrons. The third kappa shape index (κ3) is 7.40. The fourth-order valence-electron chi connectivity index (χ4n) is 3.68. The number of aromatic nitrogens is 2. The van der Waals surface area contributed by atoms with Crippen LogP contribution in [0.1, 0.15) is 30.4 Å². The fourth-order valence-corrected chi connectivity index (χ4v) is 3.68. The van der Waals surface area contributed by atoms with E-state index in [0.717, 1.165) is 29.3 Å². The van der Waals surface area contributed by atoms with Gasteiger partial charge in [-0.2, -0.15) is 13.2 Å². The van der Waals surface area contributed by atoms with E-state index in [2.05, 4.69) is 20.9 Å². The lowest BCUT2D eigenvalue weighted by Gasteiger charge is -2.14. The van der Waals surface area contributed by atoms with Crippen molar-refractivity contribution < 1.29 is 32.6 Å². The molecule has 1 aliphatic carbocycles. The number of carbonyl (C=O) groups is 2. The number of hydrogen-bond donors (Lipinski definition) is 4. The molecule has 3 amide bonds. The highest BCUT2D eigenvalue weighted by Gasteiger charge is 2.31. The lowest BCUT2D eigenvalue weighted by molar-refractivity contribution is -0.137. The molecule has 0 bridgehead atoms. The molecule has 0 aliphatic heterocycles. The number of carboxylic acid groups (broad SMARTS) is 1. The van der Waals surface area contributed by atoms with Crippen molar-refractivity contribution in [2.24, 2.45) is 0 Å². The molecule has 9 nitrogen and oxygen atoms in total. The Morgan fingerprint density at radius 2 is 1.74 bits per heavy atom. The van der Waals surface area contributed by atoms with E-state index < -0.39 is 23.9 Å². The SMILES string of the molecule is C1CC1.COc1ccc(C(F)(F)F)cc1NC(=O)Nc1cccc2c1ccn2Cc1ccnc(NC(=O)O)c1. The van der Waals surface area contributed by atoms with Gasteiger partial charge in [0.25, 0.3) is 0 Å². The van der Waals surface area contributed by atoms with Gasteiger partial charge in [0, 0.05) is 24.3 Å². The normalized spacial score (nSPS) is 12.2. The van der Waals surface area contributed by atoms with Gasteiger partial charge in [0.05, 0.1) is 29.6 Å². The minimum absolute atomic E-state index is 0.0802. The van der Waals surface area contributed by atoms with Crippen molar-refractivity contribution in [1.29, 1.82) is 0 Å². The number of nitrogens with zero attached hydrogens (tertiary/aromatic N) is 2. The summed E-state index contributed by atoms with van der Waals surface area (Å²) in [5.74, 6) is 0.275. The minimum atomic E-state index is -4.58. The molecular formula is C27H26F3N5O4. The van der Waals surface area contributed by atoms with E-state index in [-0.39, 0.29) is 17.3 Å². The first-order valence-corrected chi connectivity index (χ1v) is 12.0. The first kappa shape index (κ1) is 27.3. The van der Waals surface area contributed by atoms with Crippen LogP contribution in [-0.4, -0.2) is 33.9 Å². The van der Waals surface area contributed by atoms with Crippen molar-refractivity contribution >= 4 is 40.2 Å². The number of hydrogen-bond acceptors (Lipinski definition) is 4. The van der Waals surface area contributed by atoms with Gasteiger partial charge in [0.2, 0.25) is 0 Å². The number of anilines is 3. The monoisotopic (exact) mass is 541 g/mol. The van der Waals surface area contributed by atoms with Gasteiger partial charge in [-0.1, -0.05) is 25.3 Å². The van der Waals surface area contributed by atoms with E-state index in [4.69, 9.17) is 9.84 Å². The second kappa shape index (κ2) is 11.8. The number of nitrogens with one attached hydrogen (secondary N) is 3. The second-order valence-corrected chi connectivity index (χ2v) is 8.71. The van der Waals surface area contributed by atoms with Gasteiger partial charge in [-0.3, -0.25) is 5.32 Å². The van der Waals surface area contributed by atoms with Gasteiger partial charge in [-0.25, -0.2) is 14.6 Å². The Balaban J connectivity index is 0.00000110. The zero-order valence-corrected chi connectivity index (χ0v) is 20.9. The van der Waals surface area contributed by atoms with Gasteiger partial charge in [-0.05, 0) is 54.1 Å². The molecule has 204 valence electrons. The Labute approximate surface area is 221 Å². The number of rotatable bonds is 6. The van der Waals surface area contributed by atoms with Crippen molar-refractivity contribution in [3.63, 3.8) is 0 Å². The third-order valence-corrected chi connectivity index (χ3v) is 5.60. The van der Waals surface area contributed by atoms with Crippen LogP contribution in [0.3, 0.4) is 0 Å². The Morgan fingerprint density at radius 3 is 2.41 bits per heavy atom. The van der Waals surface area contributed by atoms with E-state index in [9.17, 15) is 22.8 Å². The third-order valence-electron chi connectivity index (χ3n) is 5.60. The average Bonchev–Trinajstić information content (AvgIpc) is 3.71. The van der Waals surface area contributed by atoms with Crippen LogP contribution in [0.25, 0.3) is 10.9 Å². The smallest absolute Gasteiger partial charge is 0.416 e. The quantitative estimate of drug-likeness (QED) is 0.209. The molecule has 0 saturated heterocycles. The molecule has 4 N–H and O–H groups in total. The number of carbonyl (C=O) groups excluding carboxylic acids is 1. The Bertz CT molecular complexity index is 1480. The van der Waals surface area contributed by atoms with E-state index >= 15 is 0 Å². The second-order valence-electron chi connectivity index (χ2n) is 8.71. The summed E-state index contributed by atoms with van der Waals surface area (Å²) in [4.78, 5) is 27.5. The van der Waals surface area contributed by atoms with Crippen LogP contribution in [0.15, 0.2) is 67.0 Å². The summed E-state index contributed by atoms with van der Waals surface area (Å²) in [7, 11) is 1.29. The molecule has 39 heavy (non-hydrogen) atoms. The zero-order valence-electron chi connectivity index (χ0n) is 20.9. The number of amides is 3. The Kier molecular flexibility index (Phi) is 8.23. The van der Waals surface area contributed by atoms with E-state index in [1.165, 1.54) is 32.6 Å². The number of halogens is 3. The first-order valence-electron chi connectivity index (χ1n) is 12.0. The van der Waals surface area contributed by atoms with Crippen LogP contribution in [0, 0.1) is 0 Å². The molecule has 2 aromatic carbocycles. The van der Waals surface area contributed by atoms with Crippen molar-refractivity contribution in [3.05, 3.63) is 78.1 Å². The van der Waals surface area contributed by atoms with Crippen molar-refractivity contribution in [1.82, 2.24) is 9.55 Å². The van der Waals surface area contributed by atoms with Gasteiger partial charge in [-0.15, -0.1) is 0 Å². The van der Waals surface area contributed by atoms with Crippen molar-refractivity contribution in [2.45, 2.75) is 32.0 Å². The first-order chi connectivity index (χ1) is 18.6.